The maximum Gasteiger partial charge on any atom is 0.234 e. The van der Waals surface area contributed by atoms with Crippen molar-refractivity contribution in [2.45, 2.75) is 5.03 Å². The number of hydrogen-bond acceptors (Lipinski definition) is 6. The molecule has 29 heavy (non-hydrogen) atoms. The number of nitrogens with zero attached hydrogens (tertiary/aromatic N) is 4. The van der Waals surface area contributed by atoms with Crippen molar-refractivity contribution in [3.05, 3.63) is 65.7 Å². The van der Waals surface area contributed by atoms with Crippen LogP contribution in [0.1, 0.15) is 0 Å². The number of anilines is 1. The van der Waals surface area contributed by atoms with Gasteiger partial charge in [-0.25, -0.2) is 0 Å². The van der Waals surface area contributed by atoms with E-state index in [2.05, 4.69) is 20.6 Å². The Morgan fingerprint density at radius 1 is 1.14 bits per heavy atom. The number of carbonyl (C=O) groups is 1. The number of ether oxygens (including phenoxy) is 1. The molecule has 0 saturated heterocycles. The molecule has 0 bridgehead atoms. The highest BCUT2D eigenvalue weighted by Gasteiger charge is 2.11. The van der Waals surface area contributed by atoms with Gasteiger partial charge in [0.15, 0.2) is 11.5 Å². The number of fused-ring (bicyclic) bond motifs is 1. The fourth-order valence-electron chi connectivity index (χ4n) is 2.67. The van der Waals surface area contributed by atoms with Crippen LogP contribution in [0, 0.1) is 0 Å². The molecule has 4 aromatic rings. The van der Waals surface area contributed by atoms with Gasteiger partial charge >= 0.3 is 0 Å². The Morgan fingerprint density at radius 3 is 2.76 bits per heavy atom. The van der Waals surface area contributed by atoms with Crippen molar-refractivity contribution in [3.63, 3.8) is 0 Å². The Labute approximate surface area is 176 Å². The van der Waals surface area contributed by atoms with Crippen LogP contribution in [0.4, 0.5) is 5.69 Å². The third-order valence-corrected chi connectivity index (χ3v) is 5.22. The summed E-state index contributed by atoms with van der Waals surface area (Å²) in [5.74, 6) is 1.38. The molecule has 0 aliphatic heterocycles. The number of methoxy groups -OCH3 is 1. The van der Waals surface area contributed by atoms with Gasteiger partial charge in [0, 0.05) is 22.3 Å². The van der Waals surface area contributed by atoms with E-state index in [1.807, 2.05) is 42.5 Å². The lowest BCUT2D eigenvalue weighted by atomic mass is 10.2. The largest absolute Gasteiger partial charge is 0.497 e. The van der Waals surface area contributed by atoms with E-state index in [1.165, 1.54) is 11.8 Å². The second-order valence-corrected chi connectivity index (χ2v) is 7.47. The van der Waals surface area contributed by atoms with Crippen molar-refractivity contribution in [3.8, 4) is 17.1 Å². The van der Waals surface area contributed by atoms with Crippen LogP contribution in [0.2, 0.25) is 5.02 Å². The summed E-state index contributed by atoms with van der Waals surface area (Å²) in [6.07, 6.45) is 0. The lowest BCUT2D eigenvalue weighted by molar-refractivity contribution is -0.113. The first kappa shape index (κ1) is 19.2. The molecule has 2 aromatic carbocycles. The number of thioether (sulfide) groups is 1. The van der Waals surface area contributed by atoms with Crippen molar-refractivity contribution >= 4 is 40.6 Å². The van der Waals surface area contributed by atoms with E-state index >= 15 is 0 Å². The van der Waals surface area contributed by atoms with Crippen molar-refractivity contribution in [1.29, 1.82) is 0 Å². The number of amides is 1. The molecule has 0 unspecified atom stereocenters. The molecule has 2 heterocycles. The predicted molar refractivity (Wildman–Crippen MR) is 114 cm³/mol. The molecule has 4 rings (SSSR count). The molecule has 0 aliphatic rings. The summed E-state index contributed by atoms with van der Waals surface area (Å²) < 4.78 is 6.82. The lowest BCUT2D eigenvalue weighted by Gasteiger charge is -2.07. The Hall–Kier alpha value is -3.10. The summed E-state index contributed by atoms with van der Waals surface area (Å²) in [4.78, 5) is 12.3. The number of benzene rings is 2. The SMILES string of the molecule is COc1cccc(NC(=O)CSc2ccc3nnc(-c4ccc(Cl)cc4)n3n2)c1. The van der Waals surface area contributed by atoms with Crippen LogP contribution < -0.4 is 10.1 Å². The summed E-state index contributed by atoms with van der Waals surface area (Å²) in [6, 6.07) is 18.2. The quantitative estimate of drug-likeness (QED) is 0.466. The van der Waals surface area contributed by atoms with Gasteiger partial charge in [0.05, 0.1) is 12.9 Å². The minimum absolute atomic E-state index is 0.133. The maximum absolute atomic E-state index is 12.3. The van der Waals surface area contributed by atoms with Crippen molar-refractivity contribution < 1.29 is 9.53 Å². The van der Waals surface area contributed by atoms with Gasteiger partial charge in [-0.2, -0.15) is 9.61 Å². The molecule has 9 heteroatoms. The third kappa shape index (κ3) is 4.49. The van der Waals surface area contributed by atoms with Crippen LogP contribution in [-0.4, -0.2) is 38.6 Å². The van der Waals surface area contributed by atoms with Gasteiger partial charge in [0.2, 0.25) is 5.91 Å². The zero-order chi connectivity index (χ0) is 20.2. The van der Waals surface area contributed by atoms with Gasteiger partial charge in [-0.3, -0.25) is 4.79 Å². The number of nitrogens with one attached hydrogen (secondary N) is 1. The lowest BCUT2D eigenvalue weighted by Crippen LogP contribution is -2.14. The molecule has 0 atom stereocenters. The summed E-state index contributed by atoms with van der Waals surface area (Å²) in [5, 5.41) is 17.1. The van der Waals surface area contributed by atoms with Crippen molar-refractivity contribution in [2.24, 2.45) is 0 Å². The summed E-state index contributed by atoms with van der Waals surface area (Å²) >= 11 is 7.29. The average Bonchev–Trinajstić information content (AvgIpc) is 3.16. The van der Waals surface area contributed by atoms with Crippen LogP contribution in [0.5, 0.6) is 5.75 Å². The topological polar surface area (TPSA) is 81.4 Å². The standard InChI is InChI=1S/C20H16ClN5O2S/c1-28-16-4-2-3-15(11-16)22-18(27)12-29-19-10-9-17-23-24-20(26(17)25-19)13-5-7-14(21)8-6-13/h2-11H,12H2,1H3,(H,22,27). The summed E-state index contributed by atoms with van der Waals surface area (Å²) in [7, 11) is 1.59. The molecule has 0 radical (unpaired) electrons. The van der Waals surface area contributed by atoms with Gasteiger partial charge in [-0.15, -0.1) is 10.2 Å². The van der Waals surface area contributed by atoms with E-state index in [4.69, 9.17) is 16.3 Å². The van der Waals surface area contributed by atoms with E-state index in [9.17, 15) is 4.79 Å². The molecule has 0 spiro atoms. The minimum Gasteiger partial charge on any atom is -0.497 e. The van der Waals surface area contributed by atoms with E-state index in [-0.39, 0.29) is 11.7 Å². The molecular weight excluding hydrogens is 410 g/mol. The monoisotopic (exact) mass is 425 g/mol. The van der Waals surface area contributed by atoms with E-state index in [1.54, 1.807) is 29.8 Å². The smallest absolute Gasteiger partial charge is 0.234 e. The molecule has 1 amide bonds. The zero-order valence-corrected chi connectivity index (χ0v) is 16.9. The number of halogens is 1. The minimum atomic E-state index is -0.133. The summed E-state index contributed by atoms with van der Waals surface area (Å²) in [6.45, 7) is 0. The number of aromatic nitrogens is 4. The van der Waals surface area contributed by atoms with Gasteiger partial charge < -0.3 is 10.1 Å². The molecule has 0 saturated carbocycles. The van der Waals surface area contributed by atoms with Crippen LogP contribution >= 0.6 is 23.4 Å². The normalized spacial score (nSPS) is 10.8. The van der Waals surface area contributed by atoms with Crippen LogP contribution in [0.25, 0.3) is 17.0 Å². The Bertz CT molecular complexity index is 1160. The Balaban J connectivity index is 1.47. The molecule has 7 nitrogen and oxygen atoms in total. The van der Waals surface area contributed by atoms with Gasteiger partial charge in [0.1, 0.15) is 10.8 Å². The number of carbonyl (C=O) groups excluding carboxylic acids is 1. The van der Waals surface area contributed by atoms with Gasteiger partial charge in [0.25, 0.3) is 0 Å². The molecule has 146 valence electrons. The average molecular weight is 426 g/mol. The molecular formula is C20H16ClN5O2S. The molecule has 1 N–H and O–H groups in total. The van der Waals surface area contributed by atoms with Crippen LogP contribution in [0.3, 0.4) is 0 Å². The second-order valence-electron chi connectivity index (χ2n) is 6.04. The first-order valence-electron chi connectivity index (χ1n) is 8.67. The van der Waals surface area contributed by atoms with Crippen molar-refractivity contribution in [2.75, 3.05) is 18.2 Å². The Morgan fingerprint density at radius 2 is 1.97 bits per heavy atom. The number of rotatable bonds is 6. The van der Waals surface area contributed by atoms with Crippen LogP contribution in [0.15, 0.2) is 65.7 Å². The first-order valence-corrected chi connectivity index (χ1v) is 10.0. The highest BCUT2D eigenvalue weighted by Crippen LogP contribution is 2.23. The van der Waals surface area contributed by atoms with E-state index < -0.39 is 0 Å². The zero-order valence-electron chi connectivity index (χ0n) is 15.4. The van der Waals surface area contributed by atoms with Gasteiger partial charge in [-0.05, 0) is 48.5 Å². The number of hydrogen-bond donors (Lipinski definition) is 1. The maximum atomic E-state index is 12.3. The van der Waals surface area contributed by atoms with E-state index in [0.717, 1.165) is 5.56 Å². The Kier molecular flexibility index (Phi) is 5.64. The molecule has 2 aromatic heterocycles. The third-order valence-electron chi connectivity index (χ3n) is 4.05. The highest BCUT2D eigenvalue weighted by atomic mass is 35.5. The molecule has 0 aliphatic carbocycles. The highest BCUT2D eigenvalue weighted by molar-refractivity contribution is 7.99. The predicted octanol–water partition coefficient (Wildman–Crippen LogP) is 4.18. The summed E-state index contributed by atoms with van der Waals surface area (Å²) in [5.41, 5.74) is 2.16. The fraction of sp³-hybridized carbons (Fsp3) is 0.100. The fourth-order valence-corrected chi connectivity index (χ4v) is 3.45. The van der Waals surface area contributed by atoms with Crippen LogP contribution in [-0.2, 0) is 4.79 Å². The van der Waals surface area contributed by atoms with E-state index in [0.29, 0.717) is 33.0 Å². The van der Waals surface area contributed by atoms with Gasteiger partial charge in [-0.1, -0.05) is 29.4 Å². The van der Waals surface area contributed by atoms with Crippen molar-refractivity contribution in [1.82, 2.24) is 19.8 Å². The second kappa shape index (κ2) is 8.50. The first-order chi connectivity index (χ1) is 14.1. The molecule has 0 fully saturated rings.